The Bertz CT molecular complexity index is 673. The van der Waals surface area contributed by atoms with Gasteiger partial charge in [0.1, 0.15) is 5.69 Å². The van der Waals surface area contributed by atoms with Gasteiger partial charge in [-0.3, -0.25) is 4.79 Å². The molecule has 4 heteroatoms. The predicted molar refractivity (Wildman–Crippen MR) is 92.5 cm³/mol. The quantitative estimate of drug-likeness (QED) is 0.948. The van der Waals surface area contributed by atoms with Crippen molar-refractivity contribution in [3.05, 3.63) is 53.7 Å². The van der Waals surface area contributed by atoms with Gasteiger partial charge in [0.05, 0.1) is 5.69 Å². The highest BCUT2D eigenvalue weighted by Crippen LogP contribution is 2.21. The molecule has 0 aliphatic carbocycles. The van der Waals surface area contributed by atoms with Gasteiger partial charge in [0.15, 0.2) is 0 Å². The van der Waals surface area contributed by atoms with Gasteiger partial charge in [0.25, 0.3) is 5.91 Å². The zero-order valence-corrected chi connectivity index (χ0v) is 13.7. The number of pyridine rings is 1. The van der Waals surface area contributed by atoms with E-state index in [-0.39, 0.29) is 5.91 Å². The van der Waals surface area contributed by atoms with Crippen LogP contribution in [0.25, 0.3) is 11.3 Å². The van der Waals surface area contributed by atoms with E-state index in [1.54, 1.807) is 6.07 Å². The van der Waals surface area contributed by atoms with E-state index in [1.807, 2.05) is 17.0 Å². The maximum Gasteiger partial charge on any atom is 0.272 e. The van der Waals surface area contributed by atoms with Crippen LogP contribution in [0, 0.1) is 0 Å². The van der Waals surface area contributed by atoms with Crippen LogP contribution in [0.2, 0.25) is 0 Å². The Balaban J connectivity index is 1.83. The lowest BCUT2D eigenvalue weighted by molar-refractivity contribution is 0.0730. The van der Waals surface area contributed by atoms with Gasteiger partial charge < -0.3 is 10.2 Å². The van der Waals surface area contributed by atoms with Crippen molar-refractivity contribution in [1.29, 1.82) is 0 Å². The summed E-state index contributed by atoms with van der Waals surface area (Å²) in [7, 11) is 0. The summed E-state index contributed by atoms with van der Waals surface area (Å²) in [4.78, 5) is 19.0. The first-order chi connectivity index (χ1) is 11.1. The number of amides is 1. The summed E-state index contributed by atoms with van der Waals surface area (Å²) in [5, 5.41) is 3.26. The Morgan fingerprint density at radius 3 is 2.43 bits per heavy atom. The van der Waals surface area contributed by atoms with Crippen LogP contribution in [0.5, 0.6) is 0 Å². The van der Waals surface area contributed by atoms with E-state index in [0.29, 0.717) is 11.6 Å². The van der Waals surface area contributed by atoms with Crippen molar-refractivity contribution >= 4 is 5.91 Å². The van der Waals surface area contributed by atoms with Gasteiger partial charge in [0.2, 0.25) is 0 Å². The van der Waals surface area contributed by atoms with E-state index in [1.165, 1.54) is 5.56 Å². The molecule has 1 aromatic carbocycles. The Morgan fingerprint density at radius 2 is 1.78 bits per heavy atom. The number of rotatable bonds is 3. The van der Waals surface area contributed by atoms with Crippen LogP contribution in [0.1, 0.15) is 35.8 Å². The summed E-state index contributed by atoms with van der Waals surface area (Å²) in [5.74, 6) is 0.532. The number of hydrogen-bond acceptors (Lipinski definition) is 3. The van der Waals surface area contributed by atoms with Gasteiger partial charge in [-0.05, 0) is 23.6 Å². The molecule has 1 aliphatic heterocycles. The average Bonchev–Trinajstić information content (AvgIpc) is 2.62. The molecule has 120 valence electrons. The second-order valence-electron chi connectivity index (χ2n) is 6.23. The fourth-order valence-electron chi connectivity index (χ4n) is 2.78. The van der Waals surface area contributed by atoms with Crippen molar-refractivity contribution < 1.29 is 4.79 Å². The molecular weight excluding hydrogens is 286 g/mol. The average molecular weight is 309 g/mol. The van der Waals surface area contributed by atoms with Gasteiger partial charge >= 0.3 is 0 Å². The van der Waals surface area contributed by atoms with Gasteiger partial charge in [-0.2, -0.15) is 0 Å². The molecular formula is C19H23N3O. The van der Waals surface area contributed by atoms with Gasteiger partial charge in [0, 0.05) is 31.7 Å². The molecule has 0 spiro atoms. The van der Waals surface area contributed by atoms with Crippen LogP contribution in [0.4, 0.5) is 0 Å². The van der Waals surface area contributed by atoms with E-state index in [9.17, 15) is 4.79 Å². The number of piperazine rings is 1. The largest absolute Gasteiger partial charge is 0.335 e. The third-order valence-corrected chi connectivity index (χ3v) is 4.25. The predicted octanol–water partition coefficient (Wildman–Crippen LogP) is 2.92. The molecule has 0 radical (unpaired) electrons. The minimum atomic E-state index is 0.0205. The molecule has 1 N–H and O–H groups in total. The highest BCUT2D eigenvalue weighted by molar-refractivity contribution is 5.93. The normalized spacial score (nSPS) is 15.0. The topological polar surface area (TPSA) is 45.2 Å². The van der Waals surface area contributed by atoms with E-state index in [4.69, 9.17) is 0 Å². The molecule has 23 heavy (non-hydrogen) atoms. The van der Waals surface area contributed by atoms with E-state index in [0.717, 1.165) is 37.4 Å². The summed E-state index contributed by atoms with van der Waals surface area (Å²) >= 11 is 0. The van der Waals surface area contributed by atoms with Crippen LogP contribution in [-0.4, -0.2) is 42.0 Å². The Morgan fingerprint density at radius 1 is 1.09 bits per heavy atom. The lowest BCUT2D eigenvalue weighted by Crippen LogP contribution is -2.46. The number of aromatic nitrogens is 1. The zero-order valence-electron chi connectivity index (χ0n) is 13.7. The monoisotopic (exact) mass is 309 g/mol. The first-order valence-corrected chi connectivity index (χ1v) is 8.22. The second kappa shape index (κ2) is 6.92. The summed E-state index contributed by atoms with van der Waals surface area (Å²) < 4.78 is 0. The zero-order chi connectivity index (χ0) is 16.2. The second-order valence-corrected chi connectivity index (χ2v) is 6.23. The van der Waals surface area contributed by atoms with Crippen molar-refractivity contribution in [3.8, 4) is 11.3 Å². The molecule has 1 aromatic heterocycles. The summed E-state index contributed by atoms with van der Waals surface area (Å²) in [6.45, 7) is 7.55. The first-order valence-electron chi connectivity index (χ1n) is 8.22. The highest BCUT2D eigenvalue weighted by Gasteiger charge is 2.19. The lowest BCUT2D eigenvalue weighted by Gasteiger charge is -2.27. The number of hydrogen-bond donors (Lipinski definition) is 1. The van der Waals surface area contributed by atoms with Crippen LogP contribution in [0.3, 0.4) is 0 Å². The van der Waals surface area contributed by atoms with Crippen LogP contribution in [0.15, 0.2) is 42.5 Å². The maximum atomic E-state index is 12.6. The van der Waals surface area contributed by atoms with Crippen molar-refractivity contribution in [2.24, 2.45) is 0 Å². The van der Waals surface area contributed by atoms with Gasteiger partial charge in [-0.25, -0.2) is 4.98 Å². The van der Waals surface area contributed by atoms with Gasteiger partial charge in [-0.15, -0.1) is 0 Å². The molecule has 0 bridgehead atoms. The fourth-order valence-corrected chi connectivity index (χ4v) is 2.78. The SMILES string of the molecule is CC(C)c1ccc(-c2cccc(C(=O)N3CCNCC3)n2)cc1. The van der Waals surface area contributed by atoms with E-state index < -0.39 is 0 Å². The van der Waals surface area contributed by atoms with E-state index >= 15 is 0 Å². The first kappa shape index (κ1) is 15.7. The third-order valence-electron chi connectivity index (χ3n) is 4.25. The van der Waals surface area contributed by atoms with Crippen LogP contribution in [-0.2, 0) is 0 Å². The molecule has 2 aromatic rings. The summed E-state index contributed by atoms with van der Waals surface area (Å²) in [6.07, 6.45) is 0. The number of carbonyl (C=O) groups excluding carboxylic acids is 1. The molecule has 1 fully saturated rings. The molecule has 1 aliphatic rings. The molecule has 0 saturated carbocycles. The minimum Gasteiger partial charge on any atom is -0.335 e. The Hall–Kier alpha value is -2.20. The molecule has 2 heterocycles. The lowest BCUT2D eigenvalue weighted by atomic mass is 10.0. The van der Waals surface area contributed by atoms with Gasteiger partial charge in [-0.1, -0.05) is 44.2 Å². The molecule has 1 saturated heterocycles. The maximum absolute atomic E-state index is 12.6. The summed E-state index contributed by atoms with van der Waals surface area (Å²) in [6, 6.07) is 14.1. The number of nitrogens with zero attached hydrogens (tertiary/aromatic N) is 2. The van der Waals surface area contributed by atoms with E-state index in [2.05, 4.69) is 48.4 Å². The molecule has 0 unspecified atom stereocenters. The number of benzene rings is 1. The summed E-state index contributed by atoms with van der Waals surface area (Å²) in [5.41, 5.74) is 3.73. The molecule has 3 rings (SSSR count). The molecule has 4 nitrogen and oxygen atoms in total. The van der Waals surface area contributed by atoms with Crippen LogP contribution < -0.4 is 5.32 Å². The van der Waals surface area contributed by atoms with Crippen molar-refractivity contribution in [3.63, 3.8) is 0 Å². The third kappa shape index (κ3) is 3.59. The molecule has 1 amide bonds. The van der Waals surface area contributed by atoms with Crippen molar-refractivity contribution in [1.82, 2.24) is 15.2 Å². The smallest absolute Gasteiger partial charge is 0.272 e. The van der Waals surface area contributed by atoms with Crippen molar-refractivity contribution in [2.45, 2.75) is 19.8 Å². The highest BCUT2D eigenvalue weighted by atomic mass is 16.2. The molecule has 0 atom stereocenters. The standard InChI is InChI=1S/C19H23N3O/c1-14(2)15-6-8-16(9-7-15)17-4-3-5-18(21-17)19(23)22-12-10-20-11-13-22/h3-9,14,20H,10-13H2,1-2H3. The Labute approximate surface area is 137 Å². The van der Waals surface area contributed by atoms with Crippen LogP contribution >= 0.6 is 0 Å². The minimum absolute atomic E-state index is 0.0205. The Kier molecular flexibility index (Phi) is 4.72. The number of carbonyl (C=O) groups is 1. The number of nitrogens with one attached hydrogen (secondary N) is 1. The van der Waals surface area contributed by atoms with Crippen molar-refractivity contribution in [2.75, 3.05) is 26.2 Å². The fraction of sp³-hybridized carbons (Fsp3) is 0.368.